The number of nitrogens with one attached hydrogen (secondary N) is 1. The van der Waals surface area contributed by atoms with Gasteiger partial charge in [-0.05, 0) is 93.4 Å². The van der Waals surface area contributed by atoms with E-state index in [1.54, 1.807) is 0 Å². The number of piperidine rings is 1. The second-order valence-electron chi connectivity index (χ2n) is 11.0. The first kappa shape index (κ1) is 25.3. The van der Waals surface area contributed by atoms with E-state index in [1.807, 2.05) is 24.3 Å². The number of likely N-dealkylation sites (tertiary alicyclic amines) is 1. The number of aryl methyl sites for hydroxylation is 2. The lowest BCUT2D eigenvalue weighted by Gasteiger charge is -2.38. The van der Waals surface area contributed by atoms with Gasteiger partial charge < -0.3 is 20.9 Å². The van der Waals surface area contributed by atoms with Crippen molar-refractivity contribution in [2.75, 3.05) is 42.1 Å². The molecule has 2 aromatic carbocycles. The van der Waals surface area contributed by atoms with E-state index in [4.69, 9.17) is 17.3 Å². The lowest BCUT2D eigenvalue weighted by atomic mass is 10.0. The zero-order valence-electron chi connectivity index (χ0n) is 22.6. The van der Waals surface area contributed by atoms with E-state index in [0.29, 0.717) is 22.8 Å². The third kappa shape index (κ3) is 4.88. The lowest BCUT2D eigenvalue weighted by molar-refractivity contribution is 0.208. The molecule has 10 heteroatoms. The fraction of sp³-hybridized carbons (Fsp3) is 0.400. The lowest BCUT2D eigenvalue weighted by Crippen LogP contribution is -2.43. The molecular formula is C30H34ClN9. The van der Waals surface area contributed by atoms with Crippen LogP contribution in [0.4, 0.5) is 23.3 Å². The Morgan fingerprint density at radius 2 is 1.68 bits per heavy atom. The number of hydrogen-bond acceptors (Lipinski definition) is 8. The van der Waals surface area contributed by atoms with Crippen LogP contribution in [-0.4, -0.2) is 62.1 Å². The number of nitrogens with two attached hydrogens (primary N) is 1. The smallest absolute Gasteiger partial charge is 0.248 e. The number of benzene rings is 2. The first-order valence-electron chi connectivity index (χ1n) is 14.4. The van der Waals surface area contributed by atoms with Gasteiger partial charge in [-0.25, -0.2) is 0 Å². The summed E-state index contributed by atoms with van der Waals surface area (Å²) in [5.41, 5.74) is 12.7. The summed E-state index contributed by atoms with van der Waals surface area (Å²) in [4.78, 5) is 9.50. The Hall–Kier alpha value is -3.69. The summed E-state index contributed by atoms with van der Waals surface area (Å²) in [6.45, 7) is 4.58. The molecule has 2 saturated heterocycles. The van der Waals surface area contributed by atoms with Gasteiger partial charge in [0.15, 0.2) is 5.82 Å². The van der Waals surface area contributed by atoms with Crippen LogP contribution in [0, 0.1) is 0 Å². The summed E-state index contributed by atoms with van der Waals surface area (Å²) in [7, 11) is 0. The predicted molar refractivity (Wildman–Crippen MR) is 160 cm³/mol. The minimum Gasteiger partial charge on any atom is -0.370 e. The zero-order valence-corrected chi connectivity index (χ0v) is 23.3. The average Bonchev–Trinajstić information content (AvgIpc) is 3.59. The zero-order chi connectivity index (χ0) is 27.1. The second kappa shape index (κ2) is 10.7. The molecule has 9 nitrogen and oxygen atoms in total. The molecule has 2 aliphatic heterocycles. The number of aromatic nitrogens is 5. The Bertz CT molecular complexity index is 1520. The molecule has 4 aromatic rings. The van der Waals surface area contributed by atoms with Crippen LogP contribution in [0.15, 0.2) is 48.5 Å². The van der Waals surface area contributed by atoms with Crippen LogP contribution in [0.2, 0.25) is 5.02 Å². The maximum atomic E-state index is 6.76. The molecule has 2 fully saturated rings. The van der Waals surface area contributed by atoms with Crippen molar-refractivity contribution in [3.63, 3.8) is 0 Å². The van der Waals surface area contributed by atoms with Crippen molar-refractivity contribution in [1.29, 1.82) is 0 Å². The molecule has 0 radical (unpaired) electrons. The van der Waals surface area contributed by atoms with Crippen LogP contribution in [0.1, 0.15) is 43.2 Å². The first-order valence-corrected chi connectivity index (χ1v) is 14.7. The quantitative estimate of drug-likeness (QED) is 0.344. The molecule has 3 N–H and O–H groups in total. The topological polar surface area (TPSA) is 101 Å². The Morgan fingerprint density at radius 1 is 0.875 bits per heavy atom. The van der Waals surface area contributed by atoms with E-state index in [9.17, 15) is 0 Å². The molecule has 0 amide bonds. The highest BCUT2D eigenvalue weighted by atomic mass is 35.5. The van der Waals surface area contributed by atoms with Gasteiger partial charge in [0.1, 0.15) is 0 Å². The van der Waals surface area contributed by atoms with Crippen molar-refractivity contribution in [2.24, 2.45) is 0 Å². The van der Waals surface area contributed by atoms with Crippen molar-refractivity contribution in [3.8, 4) is 17.1 Å². The van der Waals surface area contributed by atoms with Crippen LogP contribution in [0.3, 0.4) is 0 Å². The fourth-order valence-electron chi connectivity index (χ4n) is 6.47. The van der Waals surface area contributed by atoms with E-state index in [0.717, 1.165) is 60.5 Å². The Balaban J connectivity index is 1.06. The third-order valence-electron chi connectivity index (χ3n) is 8.54. The number of fused-ring (bicyclic) bond motifs is 3. The fourth-order valence-corrected chi connectivity index (χ4v) is 6.77. The van der Waals surface area contributed by atoms with E-state index in [1.165, 1.54) is 49.0 Å². The van der Waals surface area contributed by atoms with Gasteiger partial charge in [0.2, 0.25) is 11.9 Å². The maximum absolute atomic E-state index is 6.76. The number of nitrogen functional groups attached to an aromatic ring is 1. The van der Waals surface area contributed by atoms with Gasteiger partial charge in [0.05, 0.1) is 16.4 Å². The van der Waals surface area contributed by atoms with Crippen molar-refractivity contribution in [1.82, 2.24) is 29.9 Å². The largest absolute Gasteiger partial charge is 0.370 e. The van der Waals surface area contributed by atoms with Crippen molar-refractivity contribution in [2.45, 2.75) is 51.0 Å². The van der Waals surface area contributed by atoms with Gasteiger partial charge in [-0.3, -0.25) is 0 Å². The summed E-state index contributed by atoms with van der Waals surface area (Å²) in [6, 6.07) is 17.2. The van der Waals surface area contributed by atoms with Gasteiger partial charge in [-0.15, -0.1) is 15.3 Å². The van der Waals surface area contributed by atoms with Crippen LogP contribution in [0.25, 0.3) is 17.1 Å². The normalized spacial score (nSPS) is 17.9. The molecule has 206 valence electrons. The van der Waals surface area contributed by atoms with Gasteiger partial charge >= 0.3 is 0 Å². The molecule has 0 atom stereocenters. The van der Waals surface area contributed by atoms with Crippen molar-refractivity contribution in [3.05, 3.63) is 64.7 Å². The molecule has 0 saturated carbocycles. The van der Waals surface area contributed by atoms with Gasteiger partial charge in [0, 0.05) is 30.4 Å². The number of hydrogen-bond donors (Lipinski definition) is 2. The molecule has 40 heavy (non-hydrogen) atoms. The molecule has 7 rings (SSSR count). The minimum absolute atomic E-state index is 0.245. The minimum atomic E-state index is 0.245. The summed E-state index contributed by atoms with van der Waals surface area (Å²) in [6.07, 6.45) is 8.07. The Kier molecular flexibility index (Phi) is 6.77. The summed E-state index contributed by atoms with van der Waals surface area (Å²) >= 11 is 6.76. The predicted octanol–water partition coefficient (Wildman–Crippen LogP) is 5.26. The Morgan fingerprint density at radius 3 is 2.50 bits per heavy atom. The van der Waals surface area contributed by atoms with E-state index in [2.05, 4.69) is 59.7 Å². The van der Waals surface area contributed by atoms with E-state index in [-0.39, 0.29) is 5.95 Å². The highest BCUT2D eigenvalue weighted by Crippen LogP contribution is 2.34. The average molecular weight is 556 g/mol. The molecule has 0 spiro atoms. The van der Waals surface area contributed by atoms with Crippen molar-refractivity contribution < 1.29 is 0 Å². The number of halogens is 1. The standard InChI is InChI=1S/C30H34ClN9/c31-25-19-22(10-11-26(25)39-16-12-23(13-17-39)38-14-3-4-15-38)33-30-34-29(32)40(37-30)27-18-21-8-5-7-20-6-1-2-9-24(20)28(21)36-35-27/h1-2,6,9-11,18-19,23H,3-5,7-8,12-17H2,(H3,32,33,34,37). The molecule has 0 unspecified atom stereocenters. The maximum Gasteiger partial charge on any atom is 0.248 e. The molecule has 3 aliphatic rings. The summed E-state index contributed by atoms with van der Waals surface area (Å²) in [5.74, 6) is 1.19. The van der Waals surface area contributed by atoms with Crippen LogP contribution in [0.5, 0.6) is 0 Å². The molecule has 0 bridgehead atoms. The summed E-state index contributed by atoms with van der Waals surface area (Å²) in [5, 5.41) is 17.6. The molecule has 2 aromatic heterocycles. The number of rotatable bonds is 5. The van der Waals surface area contributed by atoms with Crippen LogP contribution >= 0.6 is 11.6 Å². The highest BCUT2D eigenvalue weighted by molar-refractivity contribution is 6.33. The number of nitrogens with zero attached hydrogens (tertiary/aromatic N) is 7. The van der Waals surface area contributed by atoms with Gasteiger partial charge in [-0.1, -0.05) is 35.9 Å². The second-order valence-corrected chi connectivity index (χ2v) is 11.5. The molecule has 1 aliphatic carbocycles. The highest BCUT2D eigenvalue weighted by Gasteiger charge is 2.27. The number of anilines is 4. The van der Waals surface area contributed by atoms with E-state index >= 15 is 0 Å². The van der Waals surface area contributed by atoms with E-state index < -0.39 is 0 Å². The van der Waals surface area contributed by atoms with Gasteiger partial charge in [0.25, 0.3) is 0 Å². The monoisotopic (exact) mass is 555 g/mol. The first-order chi connectivity index (χ1) is 19.6. The van der Waals surface area contributed by atoms with Crippen LogP contribution < -0.4 is 16.0 Å². The summed E-state index contributed by atoms with van der Waals surface area (Å²) < 4.78 is 1.53. The SMILES string of the molecule is Nc1nc(Nc2ccc(N3CCC(N4CCCC4)CC3)c(Cl)c2)nn1-c1cc2c(nn1)-c1ccccc1CCC2. The molecular weight excluding hydrogens is 522 g/mol. The van der Waals surface area contributed by atoms with Crippen molar-refractivity contribution >= 4 is 34.9 Å². The molecule has 4 heterocycles. The third-order valence-corrected chi connectivity index (χ3v) is 8.84. The van der Waals surface area contributed by atoms with Gasteiger partial charge in [-0.2, -0.15) is 9.67 Å². The Labute approximate surface area is 239 Å². The van der Waals surface area contributed by atoms with Crippen LogP contribution in [-0.2, 0) is 12.8 Å².